The molecular weight excluding hydrogens is 486 g/mol. The van der Waals surface area contributed by atoms with Crippen LogP contribution in [-0.4, -0.2) is 35.2 Å². The lowest BCUT2D eigenvalue weighted by Crippen LogP contribution is -2.36. The van der Waals surface area contributed by atoms with Gasteiger partial charge in [-0.05, 0) is 77.6 Å². The van der Waals surface area contributed by atoms with Gasteiger partial charge in [0.1, 0.15) is 5.75 Å². The zero-order valence-corrected chi connectivity index (χ0v) is 21.9. The molecular formula is C29H29N3O4S. The Morgan fingerprint density at radius 1 is 0.973 bits per heavy atom. The Kier molecular flexibility index (Phi) is 8.20. The number of carbonyl (C=O) groups excluding carboxylic acids is 1. The van der Waals surface area contributed by atoms with Gasteiger partial charge in [-0.1, -0.05) is 37.3 Å². The summed E-state index contributed by atoms with van der Waals surface area (Å²) < 4.78 is 10.2. The number of benzene rings is 3. The molecule has 1 aromatic heterocycles. The molecule has 0 aliphatic carbocycles. The van der Waals surface area contributed by atoms with E-state index < -0.39 is 5.97 Å². The summed E-state index contributed by atoms with van der Waals surface area (Å²) in [6.07, 6.45) is 0.904. The number of aryl methyl sites for hydroxylation is 1. The zero-order chi connectivity index (χ0) is 26.4. The number of esters is 1. The van der Waals surface area contributed by atoms with Gasteiger partial charge >= 0.3 is 5.97 Å². The predicted molar refractivity (Wildman–Crippen MR) is 150 cm³/mol. The van der Waals surface area contributed by atoms with E-state index in [2.05, 4.69) is 23.3 Å². The Bertz CT molecular complexity index is 1480. The maximum absolute atomic E-state index is 13.0. The molecule has 0 amide bonds. The number of para-hydroxylation sites is 1. The molecule has 37 heavy (non-hydrogen) atoms. The van der Waals surface area contributed by atoms with Crippen molar-refractivity contribution in [3.8, 4) is 5.75 Å². The number of H-pyrrole nitrogens is 1. The van der Waals surface area contributed by atoms with Gasteiger partial charge in [0.15, 0.2) is 5.11 Å². The summed E-state index contributed by atoms with van der Waals surface area (Å²) in [6.45, 7) is 2.79. The first-order chi connectivity index (χ1) is 17.9. The SMILES string of the molecule is CCc1ccc2[nH]c(=O)c(CN(Cc3ccc(OC)cc3)C(=S)Nc3ccccc3C(=O)OC)cc2c1. The molecule has 7 nitrogen and oxygen atoms in total. The van der Waals surface area contributed by atoms with Crippen LogP contribution in [-0.2, 0) is 24.2 Å². The van der Waals surface area contributed by atoms with Crippen molar-refractivity contribution in [1.82, 2.24) is 9.88 Å². The minimum atomic E-state index is -0.467. The number of methoxy groups -OCH3 is 2. The summed E-state index contributed by atoms with van der Waals surface area (Å²) in [5, 5.41) is 4.52. The van der Waals surface area contributed by atoms with Crippen molar-refractivity contribution in [1.29, 1.82) is 0 Å². The molecule has 0 saturated heterocycles. The lowest BCUT2D eigenvalue weighted by molar-refractivity contribution is 0.0602. The van der Waals surface area contributed by atoms with Crippen LogP contribution in [0.25, 0.3) is 10.9 Å². The second kappa shape index (κ2) is 11.7. The molecule has 0 saturated carbocycles. The lowest BCUT2D eigenvalue weighted by Gasteiger charge is -2.26. The zero-order valence-electron chi connectivity index (χ0n) is 21.0. The summed E-state index contributed by atoms with van der Waals surface area (Å²) in [4.78, 5) is 30.2. The minimum absolute atomic E-state index is 0.172. The van der Waals surface area contributed by atoms with Crippen molar-refractivity contribution in [2.75, 3.05) is 19.5 Å². The number of nitrogens with zero attached hydrogens (tertiary/aromatic N) is 1. The van der Waals surface area contributed by atoms with Gasteiger partial charge in [-0.15, -0.1) is 0 Å². The van der Waals surface area contributed by atoms with Crippen molar-refractivity contribution >= 4 is 39.9 Å². The van der Waals surface area contributed by atoms with E-state index in [9.17, 15) is 9.59 Å². The summed E-state index contributed by atoms with van der Waals surface area (Å²) in [7, 11) is 2.96. The molecule has 3 aromatic carbocycles. The molecule has 0 atom stereocenters. The van der Waals surface area contributed by atoms with Crippen molar-refractivity contribution in [2.24, 2.45) is 0 Å². The van der Waals surface area contributed by atoms with E-state index in [0.717, 1.165) is 28.6 Å². The van der Waals surface area contributed by atoms with E-state index in [-0.39, 0.29) is 12.1 Å². The van der Waals surface area contributed by atoms with Crippen LogP contribution in [0.1, 0.15) is 34.0 Å². The maximum Gasteiger partial charge on any atom is 0.339 e. The van der Waals surface area contributed by atoms with Crippen molar-refractivity contribution in [3.05, 3.63) is 105 Å². The number of nitrogens with one attached hydrogen (secondary N) is 2. The average molecular weight is 516 g/mol. The van der Waals surface area contributed by atoms with Gasteiger partial charge in [0.25, 0.3) is 5.56 Å². The molecule has 0 bridgehead atoms. The van der Waals surface area contributed by atoms with Crippen LogP contribution in [0.4, 0.5) is 5.69 Å². The van der Waals surface area contributed by atoms with Gasteiger partial charge in [-0.3, -0.25) is 4.79 Å². The van der Waals surface area contributed by atoms with Crippen molar-refractivity contribution < 1.29 is 14.3 Å². The fourth-order valence-electron chi connectivity index (χ4n) is 4.07. The highest BCUT2D eigenvalue weighted by molar-refractivity contribution is 7.80. The van der Waals surface area contributed by atoms with E-state index >= 15 is 0 Å². The van der Waals surface area contributed by atoms with Crippen LogP contribution in [0.3, 0.4) is 0 Å². The van der Waals surface area contributed by atoms with Gasteiger partial charge in [-0.25, -0.2) is 4.79 Å². The van der Waals surface area contributed by atoms with Crippen LogP contribution < -0.4 is 15.6 Å². The molecule has 0 radical (unpaired) electrons. The number of aromatic nitrogens is 1. The van der Waals surface area contributed by atoms with Gasteiger partial charge in [-0.2, -0.15) is 0 Å². The van der Waals surface area contributed by atoms with Crippen LogP contribution in [0.5, 0.6) is 5.75 Å². The Labute approximate surface area is 221 Å². The second-order valence-corrected chi connectivity index (χ2v) is 8.96. The average Bonchev–Trinajstić information content (AvgIpc) is 2.93. The molecule has 1 heterocycles. The third kappa shape index (κ3) is 6.16. The highest BCUT2D eigenvalue weighted by atomic mass is 32.1. The monoisotopic (exact) mass is 515 g/mol. The first-order valence-electron chi connectivity index (χ1n) is 11.9. The summed E-state index contributed by atoms with van der Waals surface area (Å²) >= 11 is 5.79. The maximum atomic E-state index is 13.0. The number of fused-ring (bicyclic) bond motifs is 1. The fourth-order valence-corrected chi connectivity index (χ4v) is 4.31. The van der Waals surface area contributed by atoms with Gasteiger partial charge in [0.2, 0.25) is 0 Å². The predicted octanol–water partition coefficient (Wildman–Crippen LogP) is 5.28. The number of rotatable bonds is 8. The topological polar surface area (TPSA) is 83.7 Å². The number of carbonyl (C=O) groups is 1. The summed E-state index contributed by atoms with van der Waals surface area (Å²) in [6, 6.07) is 22.6. The smallest absolute Gasteiger partial charge is 0.339 e. The molecule has 190 valence electrons. The van der Waals surface area contributed by atoms with Crippen molar-refractivity contribution in [3.63, 3.8) is 0 Å². The number of hydrogen-bond acceptors (Lipinski definition) is 5. The summed E-state index contributed by atoms with van der Waals surface area (Å²) in [5.41, 5.74) is 4.27. The quantitative estimate of drug-likeness (QED) is 0.244. The molecule has 4 aromatic rings. The molecule has 0 fully saturated rings. The van der Waals surface area contributed by atoms with Crippen LogP contribution in [0.2, 0.25) is 0 Å². The van der Waals surface area contributed by atoms with Crippen LogP contribution in [0, 0.1) is 0 Å². The third-order valence-electron chi connectivity index (χ3n) is 6.15. The Balaban J connectivity index is 1.68. The highest BCUT2D eigenvalue weighted by Gasteiger charge is 2.18. The molecule has 4 rings (SSSR count). The number of ether oxygens (including phenoxy) is 2. The van der Waals surface area contributed by atoms with E-state index in [0.29, 0.717) is 28.5 Å². The Morgan fingerprint density at radius 2 is 1.70 bits per heavy atom. The van der Waals surface area contributed by atoms with Gasteiger partial charge in [0.05, 0.1) is 32.0 Å². The van der Waals surface area contributed by atoms with E-state index in [1.165, 1.54) is 12.7 Å². The Morgan fingerprint density at radius 3 is 2.41 bits per heavy atom. The normalized spacial score (nSPS) is 10.7. The number of anilines is 1. The van der Waals surface area contributed by atoms with Crippen molar-refractivity contribution in [2.45, 2.75) is 26.4 Å². The molecule has 0 aliphatic heterocycles. The third-order valence-corrected chi connectivity index (χ3v) is 6.51. The van der Waals surface area contributed by atoms with Crippen LogP contribution >= 0.6 is 12.2 Å². The standard InChI is InChI=1S/C29H29N3O4S/c1-4-19-11-14-25-21(15-19)16-22(27(33)30-25)18-32(17-20-9-12-23(35-2)13-10-20)29(37)31-26-8-6-5-7-24(26)28(34)36-3/h5-16H,4,17-18H2,1-3H3,(H,30,33)(H,31,37). The van der Waals surface area contributed by atoms with E-state index in [1.54, 1.807) is 25.3 Å². The number of pyridine rings is 1. The largest absolute Gasteiger partial charge is 0.497 e. The Hall–Kier alpha value is -4.17. The van der Waals surface area contributed by atoms with Crippen LogP contribution in [0.15, 0.2) is 77.6 Å². The number of thiocarbonyl (C=S) groups is 1. The molecule has 2 N–H and O–H groups in total. The lowest BCUT2D eigenvalue weighted by atomic mass is 10.1. The summed E-state index contributed by atoms with van der Waals surface area (Å²) in [5.74, 6) is 0.283. The molecule has 8 heteroatoms. The second-order valence-electron chi connectivity index (χ2n) is 8.57. The fraction of sp³-hybridized carbons (Fsp3) is 0.207. The number of aromatic amines is 1. The molecule has 0 unspecified atom stereocenters. The van der Waals surface area contributed by atoms with Gasteiger partial charge < -0.3 is 24.7 Å². The first-order valence-corrected chi connectivity index (χ1v) is 12.3. The number of hydrogen-bond donors (Lipinski definition) is 2. The minimum Gasteiger partial charge on any atom is -0.497 e. The van der Waals surface area contributed by atoms with E-state index in [1.807, 2.05) is 53.4 Å². The molecule has 0 aliphatic rings. The molecule has 0 spiro atoms. The van der Waals surface area contributed by atoms with Gasteiger partial charge in [0, 0.05) is 17.6 Å². The van der Waals surface area contributed by atoms with E-state index in [4.69, 9.17) is 21.7 Å². The first kappa shape index (κ1) is 25.9. The highest BCUT2D eigenvalue weighted by Crippen LogP contribution is 2.20.